The van der Waals surface area contributed by atoms with Crippen LogP contribution in [-0.4, -0.2) is 19.5 Å². The number of carboxylic acids is 1. The summed E-state index contributed by atoms with van der Waals surface area (Å²) in [6.45, 7) is 0. The van der Waals surface area contributed by atoms with E-state index in [1.165, 1.54) is 36.4 Å². The molecule has 0 fully saturated rings. The van der Waals surface area contributed by atoms with Crippen molar-refractivity contribution in [2.75, 3.05) is 0 Å². The quantitative estimate of drug-likeness (QED) is 0.687. The number of carbonyl (C=O) groups is 1. The van der Waals surface area contributed by atoms with E-state index in [1.807, 2.05) is 0 Å². The molecule has 0 unspecified atom stereocenters. The molecule has 1 N–H and O–H groups in total. The second-order valence-electron chi connectivity index (χ2n) is 5.36. The first-order valence-corrected chi connectivity index (χ1v) is 9.34. The molecule has 26 heavy (non-hydrogen) atoms. The van der Waals surface area contributed by atoms with Gasteiger partial charge in [0.05, 0.1) is 15.4 Å². The Kier molecular flexibility index (Phi) is 4.97. The molecule has 0 spiro atoms. The third-order valence-corrected chi connectivity index (χ3v) is 5.63. The standard InChI is InChI=1S/C19H13ClO5S/c20-14-3-5-15(6-4-14)25-16-7-11-18(12-8-16)26(23,24)17-9-1-13(2-10-17)19(21)22/h1-12H,(H,21,22). The number of hydrogen-bond donors (Lipinski definition) is 1. The zero-order valence-corrected chi connectivity index (χ0v) is 14.9. The maximum atomic E-state index is 12.6. The highest BCUT2D eigenvalue weighted by Crippen LogP contribution is 2.27. The normalized spacial score (nSPS) is 11.1. The monoisotopic (exact) mass is 388 g/mol. The molecule has 0 aliphatic rings. The van der Waals surface area contributed by atoms with Crippen LogP contribution in [0.4, 0.5) is 0 Å². The van der Waals surface area contributed by atoms with E-state index < -0.39 is 15.8 Å². The average Bonchev–Trinajstić information content (AvgIpc) is 2.64. The zero-order valence-electron chi connectivity index (χ0n) is 13.3. The van der Waals surface area contributed by atoms with Gasteiger partial charge in [-0.25, -0.2) is 13.2 Å². The predicted octanol–water partition coefficient (Wildman–Crippen LogP) is 4.66. The number of sulfone groups is 1. The molecular weight excluding hydrogens is 376 g/mol. The summed E-state index contributed by atoms with van der Waals surface area (Å²) < 4.78 is 30.9. The fourth-order valence-corrected chi connectivity index (χ4v) is 3.63. The Hall–Kier alpha value is -2.83. The Bertz CT molecular complexity index is 1020. The van der Waals surface area contributed by atoms with E-state index in [-0.39, 0.29) is 15.4 Å². The highest BCUT2D eigenvalue weighted by molar-refractivity contribution is 7.91. The van der Waals surface area contributed by atoms with Crippen LogP contribution in [0.3, 0.4) is 0 Å². The first kappa shape index (κ1) is 18.0. The molecule has 0 amide bonds. The molecule has 0 atom stereocenters. The molecule has 3 aromatic carbocycles. The van der Waals surface area contributed by atoms with Crippen LogP contribution in [0.15, 0.2) is 82.6 Å². The lowest BCUT2D eigenvalue weighted by Gasteiger charge is -2.08. The minimum Gasteiger partial charge on any atom is -0.478 e. The molecule has 0 aliphatic carbocycles. The Labute approximate surface area is 155 Å². The van der Waals surface area contributed by atoms with Gasteiger partial charge in [-0.05, 0) is 72.8 Å². The van der Waals surface area contributed by atoms with E-state index in [4.69, 9.17) is 21.4 Å². The van der Waals surface area contributed by atoms with Crippen LogP contribution < -0.4 is 4.74 Å². The molecule has 0 aliphatic heterocycles. The summed E-state index contributed by atoms with van der Waals surface area (Å²) in [4.78, 5) is 11.0. The summed E-state index contributed by atoms with van der Waals surface area (Å²) in [5.41, 5.74) is 0.0238. The number of halogens is 1. The number of hydrogen-bond acceptors (Lipinski definition) is 4. The SMILES string of the molecule is O=C(O)c1ccc(S(=O)(=O)c2ccc(Oc3ccc(Cl)cc3)cc2)cc1. The van der Waals surface area contributed by atoms with Crippen LogP contribution in [0.2, 0.25) is 5.02 Å². The van der Waals surface area contributed by atoms with Crippen LogP contribution in [0.5, 0.6) is 11.5 Å². The van der Waals surface area contributed by atoms with Crippen molar-refractivity contribution < 1.29 is 23.1 Å². The van der Waals surface area contributed by atoms with Crippen molar-refractivity contribution in [3.8, 4) is 11.5 Å². The van der Waals surface area contributed by atoms with Gasteiger partial charge in [-0.15, -0.1) is 0 Å². The lowest BCUT2D eigenvalue weighted by atomic mass is 10.2. The Morgan fingerprint density at radius 3 is 1.65 bits per heavy atom. The van der Waals surface area contributed by atoms with Crippen molar-refractivity contribution in [2.45, 2.75) is 9.79 Å². The van der Waals surface area contributed by atoms with Crippen molar-refractivity contribution >= 4 is 27.4 Å². The Morgan fingerprint density at radius 1 is 0.769 bits per heavy atom. The fraction of sp³-hybridized carbons (Fsp3) is 0. The molecule has 132 valence electrons. The van der Waals surface area contributed by atoms with Crippen molar-refractivity contribution in [1.82, 2.24) is 0 Å². The fourth-order valence-electron chi connectivity index (χ4n) is 2.24. The largest absolute Gasteiger partial charge is 0.478 e. The van der Waals surface area contributed by atoms with Crippen molar-refractivity contribution in [2.24, 2.45) is 0 Å². The summed E-state index contributed by atoms with van der Waals surface area (Å²) in [5.74, 6) is -0.0561. The molecule has 3 rings (SSSR count). The second-order valence-corrected chi connectivity index (χ2v) is 7.75. The Balaban J connectivity index is 1.82. The van der Waals surface area contributed by atoms with Gasteiger partial charge in [-0.1, -0.05) is 11.6 Å². The summed E-state index contributed by atoms with van der Waals surface area (Å²) >= 11 is 5.82. The minimum atomic E-state index is -3.74. The predicted molar refractivity (Wildman–Crippen MR) is 96.8 cm³/mol. The number of aromatic carboxylic acids is 1. The first-order valence-electron chi connectivity index (χ1n) is 7.48. The molecule has 3 aromatic rings. The highest BCUT2D eigenvalue weighted by Gasteiger charge is 2.18. The van der Waals surface area contributed by atoms with Gasteiger partial charge in [-0.2, -0.15) is 0 Å². The molecule has 0 saturated carbocycles. The van der Waals surface area contributed by atoms with Gasteiger partial charge in [0.25, 0.3) is 0 Å². The second kappa shape index (κ2) is 7.19. The number of rotatable bonds is 5. The van der Waals surface area contributed by atoms with Gasteiger partial charge in [-0.3, -0.25) is 0 Å². The third-order valence-electron chi connectivity index (χ3n) is 3.59. The van der Waals surface area contributed by atoms with Gasteiger partial charge in [0.1, 0.15) is 11.5 Å². The van der Waals surface area contributed by atoms with Crippen LogP contribution in [0.25, 0.3) is 0 Å². The summed E-state index contributed by atoms with van der Waals surface area (Å²) in [7, 11) is -3.74. The smallest absolute Gasteiger partial charge is 0.335 e. The van der Waals surface area contributed by atoms with Gasteiger partial charge in [0.2, 0.25) is 9.84 Å². The van der Waals surface area contributed by atoms with E-state index in [9.17, 15) is 13.2 Å². The summed E-state index contributed by atoms with van der Waals surface area (Å²) in [6.07, 6.45) is 0. The van der Waals surface area contributed by atoms with Gasteiger partial charge in [0.15, 0.2) is 0 Å². The van der Waals surface area contributed by atoms with Crippen molar-refractivity contribution in [3.63, 3.8) is 0 Å². The van der Waals surface area contributed by atoms with Gasteiger partial charge < -0.3 is 9.84 Å². The lowest BCUT2D eigenvalue weighted by molar-refractivity contribution is 0.0696. The zero-order chi connectivity index (χ0) is 18.7. The van der Waals surface area contributed by atoms with Gasteiger partial charge in [0, 0.05) is 5.02 Å². The number of benzene rings is 3. The van der Waals surface area contributed by atoms with E-state index in [1.54, 1.807) is 36.4 Å². The highest BCUT2D eigenvalue weighted by atomic mass is 35.5. The van der Waals surface area contributed by atoms with E-state index in [0.717, 1.165) is 0 Å². The van der Waals surface area contributed by atoms with Crippen LogP contribution >= 0.6 is 11.6 Å². The Morgan fingerprint density at radius 2 is 1.19 bits per heavy atom. The van der Waals surface area contributed by atoms with Crippen LogP contribution in [0.1, 0.15) is 10.4 Å². The van der Waals surface area contributed by atoms with Gasteiger partial charge >= 0.3 is 5.97 Å². The number of carboxylic acid groups (broad SMARTS) is 1. The molecule has 0 heterocycles. The van der Waals surface area contributed by atoms with E-state index in [2.05, 4.69) is 0 Å². The summed E-state index contributed by atoms with van der Waals surface area (Å²) in [5, 5.41) is 9.48. The molecule has 0 aromatic heterocycles. The first-order chi connectivity index (χ1) is 12.4. The molecule has 7 heteroatoms. The van der Waals surface area contributed by atoms with E-state index in [0.29, 0.717) is 16.5 Å². The topological polar surface area (TPSA) is 80.7 Å². The molecule has 0 saturated heterocycles. The van der Waals surface area contributed by atoms with Crippen LogP contribution in [-0.2, 0) is 9.84 Å². The lowest BCUT2D eigenvalue weighted by Crippen LogP contribution is -2.03. The maximum Gasteiger partial charge on any atom is 0.335 e. The molecule has 0 bridgehead atoms. The summed E-state index contributed by atoms with van der Waals surface area (Å²) in [6, 6.07) is 17.8. The van der Waals surface area contributed by atoms with Crippen LogP contribution in [0, 0.1) is 0 Å². The maximum absolute atomic E-state index is 12.6. The third kappa shape index (κ3) is 3.87. The average molecular weight is 389 g/mol. The minimum absolute atomic E-state index is 0.0221. The van der Waals surface area contributed by atoms with E-state index >= 15 is 0 Å². The van der Waals surface area contributed by atoms with Crippen molar-refractivity contribution in [3.05, 3.63) is 83.4 Å². The number of ether oxygens (including phenoxy) is 1. The molecule has 0 radical (unpaired) electrons. The molecular formula is C19H13ClO5S. The van der Waals surface area contributed by atoms with Crippen molar-refractivity contribution in [1.29, 1.82) is 0 Å². The molecule has 5 nitrogen and oxygen atoms in total.